The Morgan fingerprint density at radius 3 is 2.00 bits per heavy atom. The molecule has 1 heterocycles. The lowest BCUT2D eigenvalue weighted by molar-refractivity contribution is 0.487. The summed E-state index contributed by atoms with van der Waals surface area (Å²) < 4.78 is 6.14. The van der Waals surface area contributed by atoms with Crippen LogP contribution in [0.2, 0.25) is 0 Å². The maximum absolute atomic E-state index is 6.14. The van der Waals surface area contributed by atoms with Crippen molar-refractivity contribution in [1.82, 2.24) is 0 Å². The Morgan fingerprint density at radius 1 is 0.600 bits per heavy atom. The molecule has 0 saturated heterocycles. The predicted octanol–water partition coefficient (Wildman–Crippen LogP) is 5.43. The van der Waals surface area contributed by atoms with E-state index in [2.05, 4.69) is 49.4 Å². The Kier molecular flexibility index (Phi) is 2.40. The SMILES string of the molecule is Cc1cccc2c1-c1ccccc1Oc1ccccc1-2. The molecule has 0 amide bonds. The molecule has 1 nitrogen and oxygen atoms in total. The molecule has 0 aliphatic carbocycles. The Hall–Kier alpha value is -2.54. The van der Waals surface area contributed by atoms with Gasteiger partial charge in [0.15, 0.2) is 0 Å². The molecule has 1 aliphatic heterocycles. The zero-order chi connectivity index (χ0) is 13.5. The van der Waals surface area contributed by atoms with Gasteiger partial charge in [-0.05, 0) is 35.7 Å². The summed E-state index contributed by atoms with van der Waals surface area (Å²) in [5.74, 6) is 1.84. The van der Waals surface area contributed by atoms with Crippen LogP contribution in [-0.2, 0) is 0 Å². The highest BCUT2D eigenvalue weighted by Gasteiger charge is 2.20. The number of para-hydroxylation sites is 2. The predicted molar refractivity (Wildman–Crippen MR) is 82.1 cm³/mol. The van der Waals surface area contributed by atoms with Crippen molar-refractivity contribution in [3.63, 3.8) is 0 Å². The van der Waals surface area contributed by atoms with E-state index >= 15 is 0 Å². The molecular formula is C19H14O. The standard InChI is InChI=1S/C19H14O/c1-13-7-6-10-15-14-8-2-4-11-17(14)20-18-12-5-3-9-16(18)19(13)15/h2-12H,1H3. The molecule has 0 N–H and O–H groups in total. The van der Waals surface area contributed by atoms with Crippen LogP contribution in [0.25, 0.3) is 22.3 Å². The highest BCUT2D eigenvalue weighted by molar-refractivity contribution is 5.92. The Morgan fingerprint density at radius 2 is 1.20 bits per heavy atom. The summed E-state index contributed by atoms with van der Waals surface area (Å²) in [6, 6.07) is 22.9. The molecule has 0 fully saturated rings. The van der Waals surface area contributed by atoms with Crippen LogP contribution in [0.5, 0.6) is 11.5 Å². The number of rotatable bonds is 0. The van der Waals surface area contributed by atoms with Crippen LogP contribution in [0.3, 0.4) is 0 Å². The summed E-state index contributed by atoms with van der Waals surface area (Å²) in [6.07, 6.45) is 0. The van der Waals surface area contributed by atoms with Crippen molar-refractivity contribution < 1.29 is 4.74 Å². The summed E-state index contributed by atoms with van der Waals surface area (Å²) in [5.41, 5.74) is 6.10. The van der Waals surface area contributed by atoms with Crippen molar-refractivity contribution in [2.75, 3.05) is 0 Å². The molecular weight excluding hydrogens is 244 g/mol. The normalized spacial score (nSPS) is 11.7. The van der Waals surface area contributed by atoms with E-state index in [1.807, 2.05) is 24.3 Å². The molecule has 0 atom stereocenters. The second-order valence-corrected chi connectivity index (χ2v) is 5.09. The average molecular weight is 258 g/mol. The molecule has 1 aliphatic rings. The fraction of sp³-hybridized carbons (Fsp3) is 0.0526. The van der Waals surface area contributed by atoms with Crippen LogP contribution >= 0.6 is 0 Å². The maximum Gasteiger partial charge on any atom is 0.135 e. The Balaban J connectivity index is 2.16. The van der Waals surface area contributed by atoms with Crippen LogP contribution in [0.1, 0.15) is 5.56 Å². The van der Waals surface area contributed by atoms with Crippen molar-refractivity contribution in [2.45, 2.75) is 6.92 Å². The quantitative estimate of drug-likeness (QED) is 0.408. The van der Waals surface area contributed by atoms with Crippen molar-refractivity contribution >= 4 is 0 Å². The van der Waals surface area contributed by atoms with Crippen LogP contribution < -0.4 is 4.74 Å². The second-order valence-electron chi connectivity index (χ2n) is 5.09. The van der Waals surface area contributed by atoms with Gasteiger partial charge in [-0.1, -0.05) is 54.6 Å². The van der Waals surface area contributed by atoms with E-state index in [0.29, 0.717) is 0 Å². The third-order valence-corrected chi connectivity index (χ3v) is 3.83. The van der Waals surface area contributed by atoms with E-state index in [9.17, 15) is 0 Å². The van der Waals surface area contributed by atoms with Crippen molar-refractivity contribution in [3.8, 4) is 33.8 Å². The van der Waals surface area contributed by atoms with E-state index in [1.54, 1.807) is 0 Å². The smallest absolute Gasteiger partial charge is 0.135 e. The zero-order valence-corrected chi connectivity index (χ0v) is 11.3. The van der Waals surface area contributed by atoms with E-state index in [0.717, 1.165) is 22.6 Å². The lowest BCUT2D eigenvalue weighted by Crippen LogP contribution is -1.87. The van der Waals surface area contributed by atoms with Gasteiger partial charge in [-0.25, -0.2) is 0 Å². The minimum Gasteiger partial charge on any atom is -0.456 e. The Labute approximate surface area is 118 Å². The molecule has 0 bridgehead atoms. The molecule has 3 aromatic carbocycles. The zero-order valence-electron chi connectivity index (χ0n) is 11.3. The van der Waals surface area contributed by atoms with Crippen LogP contribution in [0.15, 0.2) is 66.7 Å². The molecule has 0 saturated carbocycles. The van der Waals surface area contributed by atoms with E-state index in [1.165, 1.54) is 16.7 Å². The lowest BCUT2D eigenvalue weighted by atomic mass is 9.91. The minimum atomic E-state index is 0.921. The first-order chi connectivity index (χ1) is 9.84. The van der Waals surface area contributed by atoms with Crippen molar-refractivity contribution in [1.29, 1.82) is 0 Å². The van der Waals surface area contributed by atoms with Gasteiger partial charge in [0.05, 0.1) is 0 Å². The molecule has 0 aromatic heterocycles. The van der Waals surface area contributed by atoms with Gasteiger partial charge in [0, 0.05) is 11.1 Å². The minimum absolute atomic E-state index is 0.921. The lowest BCUT2D eigenvalue weighted by Gasteiger charge is -2.11. The molecule has 0 unspecified atom stereocenters. The van der Waals surface area contributed by atoms with Gasteiger partial charge in [0.2, 0.25) is 0 Å². The van der Waals surface area contributed by atoms with E-state index < -0.39 is 0 Å². The summed E-state index contributed by atoms with van der Waals surface area (Å²) >= 11 is 0. The van der Waals surface area contributed by atoms with Gasteiger partial charge in [-0.3, -0.25) is 0 Å². The fourth-order valence-corrected chi connectivity index (χ4v) is 2.91. The first-order valence-electron chi connectivity index (χ1n) is 6.81. The summed E-state index contributed by atoms with van der Waals surface area (Å²) in [4.78, 5) is 0. The highest BCUT2D eigenvalue weighted by atomic mass is 16.5. The van der Waals surface area contributed by atoms with Gasteiger partial charge in [-0.15, -0.1) is 0 Å². The van der Waals surface area contributed by atoms with Crippen LogP contribution in [-0.4, -0.2) is 0 Å². The summed E-state index contributed by atoms with van der Waals surface area (Å²) in [5, 5.41) is 0. The van der Waals surface area contributed by atoms with Gasteiger partial charge in [0.25, 0.3) is 0 Å². The van der Waals surface area contributed by atoms with Crippen molar-refractivity contribution in [2.24, 2.45) is 0 Å². The second kappa shape index (κ2) is 4.24. The molecule has 0 radical (unpaired) electrons. The van der Waals surface area contributed by atoms with E-state index in [4.69, 9.17) is 4.74 Å². The van der Waals surface area contributed by atoms with Gasteiger partial charge in [-0.2, -0.15) is 0 Å². The van der Waals surface area contributed by atoms with Crippen molar-refractivity contribution in [3.05, 3.63) is 72.3 Å². The highest BCUT2D eigenvalue weighted by Crippen LogP contribution is 2.47. The number of ether oxygens (including phenoxy) is 1. The van der Waals surface area contributed by atoms with Gasteiger partial charge >= 0.3 is 0 Å². The van der Waals surface area contributed by atoms with Crippen LogP contribution in [0, 0.1) is 6.92 Å². The fourth-order valence-electron chi connectivity index (χ4n) is 2.91. The largest absolute Gasteiger partial charge is 0.456 e. The first kappa shape index (κ1) is 11.3. The third kappa shape index (κ3) is 1.56. The summed E-state index contributed by atoms with van der Waals surface area (Å²) in [6.45, 7) is 2.16. The monoisotopic (exact) mass is 258 g/mol. The Bertz CT molecular complexity index is 802. The molecule has 0 spiro atoms. The maximum atomic E-state index is 6.14. The third-order valence-electron chi connectivity index (χ3n) is 3.83. The summed E-state index contributed by atoms with van der Waals surface area (Å²) in [7, 11) is 0. The molecule has 1 heteroatoms. The first-order valence-corrected chi connectivity index (χ1v) is 6.81. The molecule has 3 aromatic rings. The molecule has 96 valence electrons. The number of hydrogen-bond donors (Lipinski definition) is 0. The van der Waals surface area contributed by atoms with Gasteiger partial charge in [0.1, 0.15) is 11.5 Å². The number of fused-ring (bicyclic) bond motifs is 5. The van der Waals surface area contributed by atoms with Gasteiger partial charge < -0.3 is 4.74 Å². The molecule has 4 rings (SSSR count). The number of benzene rings is 3. The topological polar surface area (TPSA) is 9.23 Å². The average Bonchev–Trinajstić information content (AvgIpc) is 2.62. The number of hydrogen-bond acceptors (Lipinski definition) is 1. The van der Waals surface area contributed by atoms with Crippen LogP contribution in [0.4, 0.5) is 0 Å². The number of aryl methyl sites for hydroxylation is 1. The molecule has 20 heavy (non-hydrogen) atoms. The van der Waals surface area contributed by atoms with E-state index in [-0.39, 0.29) is 0 Å².